The number of para-hydroxylation sites is 1. The van der Waals surface area contributed by atoms with Crippen LogP contribution in [0.25, 0.3) is 0 Å². The Kier molecular flexibility index (Phi) is 6.77. The lowest BCUT2D eigenvalue weighted by Crippen LogP contribution is -2.43. The maximum absolute atomic E-state index is 12.7. The second kappa shape index (κ2) is 8.84. The summed E-state index contributed by atoms with van der Waals surface area (Å²) in [4.78, 5) is 38.7. The van der Waals surface area contributed by atoms with E-state index in [9.17, 15) is 14.4 Å². The van der Waals surface area contributed by atoms with Crippen molar-refractivity contribution in [3.05, 3.63) is 42.0 Å². The summed E-state index contributed by atoms with van der Waals surface area (Å²) in [7, 11) is 0. The number of anilines is 1. The molecule has 6 heteroatoms. The van der Waals surface area contributed by atoms with Crippen LogP contribution in [0.3, 0.4) is 0 Å². The first-order valence-corrected chi connectivity index (χ1v) is 9.25. The van der Waals surface area contributed by atoms with E-state index in [1.807, 2.05) is 45.0 Å². The van der Waals surface area contributed by atoms with Gasteiger partial charge in [-0.2, -0.15) is 0 Å². The second-order valence-corrected chi connectivity index (χ2v) is 7.62. The summed E-state index contributed by atoms with van der Waals surface area (Å²) in [5.41, 5.74) is 1.40. The Balaban J connectivity index is 2.12. The number of amides is 2. The van der Waals surface area contributed by atoms with Crippen LogP contribution in [0.4, 0.5) is 5.69 Å². The first-order chi connectivity index (χ1) is 12.7. The van der Waals surface area contributed by atoms with Gasteiger partial charge in [-0.05, 0) is 30.4 Å². The van der Waals surface area contributed by atoms with Crippen LogP contribution in [0.5, 0.6) is 0 Å². The van der Waals surface area contributed by atoms with Crippen molar-refractivity contribution in [2.45, 2.75) is 39.5 Å². The Morgan fingerprint density at radius 2 is 1.89 bits per heavy atom. The lowest BCUT2D eigenvalue weighted by molar-refractivity contribution is -0.150. The minimum absolute atomic E-state index is 0.166. The predicted octanol–water partition coefficient (Wildman–Crippen LogP) is 2.89. The van der Waals surface area contributed by atoms with Crippen LogP contribution >= 0.6 is 0 Å². The lowest BCUT2D eigenvalue weighted by atomic mass is 9.86. The maximum atomic E-state index is 12.7. The fraction of sp³-hybridized carbons (Fsp3) is 0.476. The maximum Gasteiger partial charge on any atom is 0.313 e. The number of esters is 1. The summed E-state index contributed by atoms with van der Waals surface area (Å²) in [6.07, 6.45) is 4.15. The van der Waals surface area contributed by atoms with E-state index in [-0.39, 0.29) is 24.5 Å². The minimum Gasteiger partial charge on any atom is -0.466 e. The van der Waals surface area contributed by atoms with E-state index >= 15 is 0 Å². The normalized spacial score (nSPS) is 17.2. The molecule has 1 heterocycles. The van der Waals surface area contributed by atoms with Gasteiger partial charge in [-0.1, -0.05) is 51.1 Å². The third-order valence-corrected chi connectivity index (χ3v) is 4.44. The Hall–Kier alpha value is -2.63. The van der Waals surface area contributed by atoms with E-state index in [0.717, 1.165) is 5.56 Å². The highest BCUT2D eigenvalue weighted by atomic mass is 16.5. The molecular formula is C21H28N2O4. The van der Waals surface area contributed by atoms with Crippen LogP contribution in [0.2, 0.25) is 0 Å². The van der Waals surface area contributed by atoms with Gasteiger partial charge < -0.3 is 15.0 Å². The molecule has 0 saturated heterocycles. The molecule has 0 aliphatic carbocycles. The molecule has 1 aliphatic rings. The molecule has 1 aromatic rings. The number of nitrogens with one attached hydrogen (secondary N) is 1. The highest BCUT2D eigenvalue weighted by molar-refractivity contribution is 6.39. The quantitative estimate of drug-likeness (QED) is 0.503. The van der Waals surface area contributed by atoms with Crippen molar-refractivity contribution in [2.24, 2.45) is 5.92 Å². The Labute approximate surface area is 160 Å². The van der Waals surface area contributed by atoms with Gasteiger partial charge in [-0.3, -0.25) is 14.4 Å². The smallest absolute Gasteiger partial charge is 0.313 e. The molecular weight excluding hydrogens is 344 g/mol. The van der Waals surface area contributed by atoms with Crippen molar-refractivity contribution in [1.29, 1.82) is 0 Å². The number of rotatable bonds is 3. The third-order valence-electron chi connectivity index (χ3n) is 4.44. The van der Waals surface area contributed by atoms with Gasteiger partial charge in [0.05, 0.1) is 12.5 Å². The first kappa shape index (κ1) is 20.7. The van der Waals surface area contributed by atoms with E-state index < -0.39 is 17.7 Å². The molecule has 1 N–H and O–H groups in total. The van der Waals surface area contributed by atoms with Crippen LogP contribution in [0.1, 0.15) is 39.7 Å². The topological polar surface area (TPSA) is 75.7 Å². The molecule has 0 spiro atoms. The van der Waals surface area contributed by atoms with E-state index in [2.05, 4.69) is 5.32 Å². The Morgan fingerprint density at radius 3 is 2.56 bits per heavy atom. The number of carbonyl (C=O) groups excluding carboxylic acids is 3. The number of ether oxygens (including phenoxy) is 1. The second-order valence-electron chi connectivity index (χ2n) is 7.62. The average Bonchev–Trinajstić information content (AvgIpc) is 2.87. The minimum atomic E-state index is -0.704. The van der Waals surface area contributed by atoms with Crippen molar-refractivity contribution < 1.29 is 19.1 Å². The molecule has 1 aliphatic heterocycles. The SMILES string of the molecule is CCOC(=O)C1CC=CCN(C(=O)C(=O)Nc2ccccc2C(C)(C)C)C1. The summed E-state index contributed by atoms with van der Waals surface area (Å²) in [6, 6.07) is 7.45. The van der Waals surface area contributed by atoms with E-state index in [1.54, 1.807) is 19.1 Å². The predicted molar refractivity (Wildman–Crippen MR) is 104 cm³/mol. The van der Waals surface area contributed by atoms with E-state index in [1.165, 1.54) is 4.90 Å². The lowest BCUT2D eigenvalue weighted by Gasteiger charge is -2.25. The van der Waals surface area contributed by atoms with Crippen molar-refractivity contribution >= 4 is 23.5 Å². The van der Waals surface area contributed by atoms with E-state index in [4.69, 9.17) is 4.74 Å². The largest absolute Gasteiger partial charge is 0.466 e. The van der Waals surface area contributed by atoms with Gasteiger partial charge in [0.15, 0.2) is 0 Å². The molecule has 0 saturated carbocycles. The average molecular weight is 372 g/mol. The molecule has 1 unspecified atom stereocenters. The molecule has 146 valence electrons. The molecule has 27 heavy (non-hydrogen) atoms. The Morgan fingerprint density at radius 1 is 1.19 bits per heavy atom. The number of nitrogens with zero attached hydrogens (tertiary/aromatic N) is 1. The highest BCUT2D eigenvalue weighted by Crippen LogP contribution is 2.29. The number of hydrogen-bond donors (Lipinski definition) is 1. The monoisotopic (exact) mass is 372 g/mol. The third kappa shape index (κ3) is 5.42. The Bertz CT molecular complexity index is 734. The van der Waals surface area contributed by atoms with Gasteiger partial charge in [0.2, 0.25) is 0 Å². The number of benzene rings is 1. The van der Waals surface area contributed by atoms with Crippen molar-refractivity contribution in [3.8, 4) is 0 Å². The van der Waals surface area contributed by atoms with Gasteiger partial charge in [-0.25, -0.2) is 0 Å². The van der Waals surface area contributed by atoms with Crippen molar-refractivity contribution in [2.75, 3.05) is 25.0 Å². The van der Waals surface area contributed by atoms with Gasteiger partial charge >= 0.3 is 17.8 Å². The van der Waals surface area contributed by atoms with Crippen LogP contribution in [-0.2, 0) is 24.5 Å². The molecule has 0 fully saturated rings. The van der Waals surface area contributed by atoms with Gasteiger partial charge in [0.1, 0.15) is 0 Å². The van der Waals surface area contributed by atoms with Crippen LogP contribution in [0.15, 0.2) is 36.4 Å². The summed E-state index contributed by atoms with van der Waals surface area (Å²) in [5, 5.41) is 2.73. The van der Waals surface area contributed by atoms with Crippen molar-refractivity contribution in [1.82, 2.24) is 4.90 Å². The first-order valence-electron chi connectivity index (χ1n) is 9.25. The molecule has 0 radical (unpaired) electrons. The van der Waals surface area contributed by atoms with Gasteiger partial charge in [0.25, 0.3) is 0 Å². The van der Waals surface area contributed by atoms with E-state index in [0.29, 0.717) is 18.7 Å². The fourth-order valence-corrected chi connectivity index (χ4v) is 3.04. The summed E-state index contributed by atoms with van der Waals surface area (Å²) < 4.78 is 5.06. The zero-order valence-corrected chi connectivity index (χ0v) is 16.5. The zero-order valence-electron chi connectivity index (χ0n) is 16.5. The van der Waals surface area contributed by atoms with Crippen LogP contribution in [-0.4, -0.2) is 42.4 Å². The number of carbonyl (C=O) groups is 3. The summed E-state index contributed by atoms with van der Waals surface area (Å²) in [6.45, 7) is 8.63. The molecule has 1 aromatic carbocycles. The molecule has 1 atom stereocenters. The van der Waals surface area contributed by atoms with Gasteiger partial charge in [0, 0.05) is 18.8 Å². The van der Waals surface area contributed by atoms with Gasteiger partial charge in [-0.15, -0.1) is 0 Å². The number of hydrogen-bond acceptors (Lipinski definition) is 4. The molecule has 6 nitrogen and oxygen atoms in total. The fourth-order valence-electron chi connectivity index (χ4n) is 3.04. The molecule has 2 rings (SSSR count). The van der Waals surface area contributed by atoms with Crippen molar-refractivity contribution in [3.63, 3.8) is 0 Å². The molecule has 0 aromatic heterocycles. The molecule has 0 bridgehead atoms. The summed E-state index contributed by atoms with van der Waals surface area (Å²) >= 11 is 0. The summed E-state index contributed by atoms with van der Waals surface area (Å²) in [5.74, 6) is -2.16. The van der Waals surface area contributed by atoms with Crippen LogP contribution in [0, 0.1) is 5.92 Å². The zero-order chi connectivity index (χ0) is 20.0. The number of allylic oxidation sites excluding steroid dienone is 1. The van der Waals surface area contributed by atoms with Crippen LogP contribution < -0.4 is 5.32 Å². The highest BCUT2D eigenvalue weighted by Gasteiger charge is 2.30. The standard InChI is InChI=1S/C21H28N2O4/c1-5-27-20(26)15-10-8-9-13-23(14-15)19(25)18(24)22-17-12-7-6-11-16(17)21(2,3)4/h6-9,11-12,15H,5,10,13-14H2,1-4H3,(H,22,24). The molecule has 2 amide bonds.